The van der Waals surface area contributed by atoms with E-state index >= 15 is 0 Å². The van der Waals surface area contributed by atoms with Crippen LogP contribution in [0.5, 0.6) is 0 Å². The molecule has 3 nitrogen and oxygen atoms in total. The second kappa shape index (κ2) is 2.19. The molecule has 0 N–H and O–H groups in total. The van der Waals surface area contributed by atoms with Gasteiger partial charge in [0.05, 0.1) is 6.54 Å². The third kappa shape index (κ3) is 0.709. The molecule has 0 aromatic heterocycles. The topological polar surface area (TPSA) is 28.0 Å². The third-order valence-electron chi connectivity index (χ3n) is 2.74. The molecule has 0 aromatic rings. The summed E-state index contributed by atoms with van der Waals surface area (Å²) in [5.41, 5.74) is 1.45. The third-order valence-corrected chi connectivity index (χ3v) is 2.74. The molecule has 0 radical (unpaired) electrons. The van der Waals surface area contributed by atoms with Gasteiger partial charge in [-0.05, 0) is 12.8 Å². The second-order valence-electron chi connectivity index (χ2n) is 3.44. The van der Waals surface area contributed by atoms with Gasteiger partial charge in [0.1, 0.15) is 0 Å². The molecular weight excluding hydrogens is 150 g/mol. The zero-order valence-corrected chi connectivity index (χ0v) is 6.85. The Bertz CT molecular complexity index is 290. The van der Waals surface area contributed by atoms with Crippen molar-refractivity contribution in [2.75, 3.05) is 6.54 Å². The average Bonchev–Trinajstić information content (AvgIpc) is 2.71. The van der Waals surface area contributed by atoms with Crippen LogP contribution >= 0.6 is 0 Å². The molecule has 0 amide bonds. The van der Waals surface area contributed by atoms with E-state index < -0.39 is 0 Å². The molecule has 12 heavy (non-hydrogen) atoms. The first-order valence-corrected chi connectivity index (χ1v) is 4.47. The molecular formula is C9H11N3. The first-order chi connectivity index (χ1) is 5.95. The van der Waals surface area contributed by atoms with E-state index in [0.29, 0.717) is 5.92 Å². The van der Waals surface area contributed by atoms with Crippen molar-refractivity contribution in [3.63, 3.8) is 0 Å². The largest absolute Gasteiger partial charge is 0.330 e. The average molecular weight is 161 g/mol. The van der Waals surface area contributed by atoms with E-state index in [-0.39, 0.29) is 6.29 Å². The van der Waals surface area contributed by atoms with Crippen molar-refractivity contribution < 1.29 is 0 Å². The maximum atomic E-state index is 4.40. The molecule has 1 aliphatic carbocycles. The van der Waals surface area contributed by atoms with Crippen molar-refractivity contribution in [1.82, 2.24) is 4.90 Å². The van der Waals surface area contributed by atoms with Crippen LogP contribution in [0.2, 0.25) is 0 Å². The Kier molecular flexibility index (Phi) is 1.17. The summed E-state index contributed by atoms with van der Waals surface area (Å²) < 4.78 is 0. The lowest BCUT2D eigenvalue weighted by Gasteiger charge is -2.30. The number of aliphatic imine (C=N–C) groups is 2. The van der Waals surface area contributed by atoms with Gasteiger partial charge < -0.3 is 4.90 Å². The van der Waals surface area contributed by atoms with Crippen molar-refractivity contribution in [3.8, 4) is 0 Å². The predicted molar refractivity (Wildman–Crippen MR) is 48.3 cm³/mol. The van der Waals surface area contributed by atoms with E-state index in [1.165, 1.54) is 18.5 Å². The fourth-order valence-electron chi connectivity index (χ4n) is 2.13. The van der Waals surface area contributed by atoms with Crippen LogP contribution in [0.4, 0.5) is 0 Å². The number of allylic oxidation sites excluding steroid dienone is 2. The maximum Gasteiger partial charge on any atom is 0.215 e. The molecule has 2 aliphatic heterocycles. The van der Waals surface area contributed by atoms with Gasteiger partial charge in [-0.25, -0.2) is 9.98 Å². The van der Waals surface area contributed by atoms with E-state index in [1.807, 2.05) is 6.21 Å². The van der Waals surface area contributed by atoms with Crippen molar-refractivity contribution in [1.29, 1.82) is 0 Å². The molecule has 0 aromatic carbocycles. The Hall–Kier alpha value is -1.12. The summed E-state index contributed by atoms with van der Waals surface area (Å²) in [5, 5.41) is 0. The van der Waals surface area contributed by atoms with Crippen molar-refractivity contribution in [2.45, 2.75) is 19.1 Å². The van der Waals surface area contributed by atoms with Gasteiger partial charge in [-0.15, -0.1) is 0 Å². The lowest BCUT2D eigenvalue weighted by molar-refractivity contribution is 0.295. The Morgan fingerprint density at radius 2 is 2.42 bits per heavy atom. The van der Waals surface area contributed by atoms with Gasteiger partial charge in [0.25, 0.3) is 0 Å². The van der Waals surface area contributed by atoms with Crippen LogP contribution in [0.3, 0.4) is 0 Å². The first kappa shape index (κ1) is 6.40. The summed E-state index contributed by atoms with van der Waals surface area (Å²) in [6.07, 6.45) is 8.88. The molecule has 2 unspecified atom stereocenters. The molecule has 0 bridgehead atoms. The van der Waals surface area contributed by atoms with Crippen LogP contribution < -0.4 is 0 Å². The smallest absolute Gasteiger partial charge is 0.215 e. The number of nitrogens with zero attached hydrogens (tertiary/aromatic N) is 3. The quantitative estimate of drug-likeness (QED) is 0.521. The highest BCUT2D eigenvalue weighted by atomic mass is 15.4. The number of hydrogen-bond acceptors (Lipinski definition) is 3. The summed E-state index contributed by atoms with van der Waals surface area (Å²) in [5.74, 6) is 0.586. The van der Waals surface area contributed by atoms with Crippen molar-refractivity contribution in [3.05, 3.63) is 11.8 Å². The summed E-state index contributed by atoms with van der Waals surface area (Å²) in [6, 6.07) is 0. The Morgan fingerprint density at radius 1 is 1.42 bits per heavy atom. The summed E-state index contributed by atoms with van der Waals surface area (Å²) in [4.78, 5) is 11.0. The van der Waals surface area contributed by atoms with Gasteiger partial charge in [-0.1, -0.05) is 6.08 Å². The van der Waals surface area contributed by atoms with Gasteiger partial charge in [0.15, 0.2) is 0 Å². The van der Waals surface area contributed by atoms with Gasteiger partial charge in [-0.3, -0.25) is 0 Å². The lowest BCUT2D eigenvalue weighted by Crippen LogP contribution is -2.34. The molecule has 0 saturated carbocycles. The minimum atomic E-state index is 0.0746. The van der Waals surface area contributed by atoms with E-state index in [2.05, 4.69) is 27.2 Å². The van der Waals surface area contributed by atoms with E-state index in [0.717, 1.165) is 6.54 Å². The normalized spacial score (nSPS) is 36.7. The monoisotopic (exact) mass is 161 g/mol. The Balaban J connectivity index is 2.01. The number of fused-ring (bicyclic) bond motifs is 3. The Labute approximate surface area is 71.5 Å². The highest BCUT2D eigenvalue weighted by Crippen LogP contribution is 2.33. The zero-order valence-electron chi connectivity index (χ0n) is 6.85. The van der Waals surface area contributed by atoms with Gasteiger partial charge in [-0.2, -0.15) is 0 Å². The van der Waals surface area contributed by atoms with Crippen LogP contribution in [0.15, 0.2) is 21.8 Å². The number of rotatable bonds is 0. The van der Waals surface area contributed by atoms with Crippen LogP contribution in [-0.4, -0.2) is 30.2 Å². The van der Waals surface area contributed by atoms with Gasteiger partial charge in [0, 0.05) is 24.0 Å². The molecule has 2 atom stereocenters. The van der Waals surface area contributed by atoms with Gasteiger partial charge in [0.2, 0.25) is 6.29 Å². The lowest BCUT2D eigenvalue weighted by atomic mass is 10.1. The maximum absolute atomic E-state index is 4.40. The zero-order chi connectivity index (χ0) is 7.97. The highest BCUT2D eigenvalue weighted by molar-refractivity contribution is 5.71. The minimum absolute atomic E-state index is 0.0746. The molecule has 0 fully saturated rings. The molecule has 3 rings (SSSR count). The van der Waals surface area contributed by atoms with Gasteiger partial charge >= 0.3 is 0 Å². The van der Waals surface area contributed by atoms with Crippen molar-refractivity contribution >= 4 is 12.4 Å². The highest BCUT2D eigenvalue weighted by Gasteiger charge is 2.32. The summed E-state index contributed by atoms with van der Waals surface area (Å²) in [6.45, 7) is 0.949. The van der Waals surface area contributed by atoms with Crippen LogP contribution in [0.1, 0.15) is 12.8 Å². The number of hydrogen-bond donors (Lipinski definition) is 0. The Morgan fingerprint density at radius 3 is 3.42 bits per heavy atom. The van der Waals surface area contributed by atoms with E-state index in [9.17, 15) is 0 Å². The van der Waals surface area contributed by atoms with Crippen molar-refractivity contribution in [2.24, 2.45) is 15.9 Å². The second-order valence-corrected chi connectivity index (χ2v) is 3.44. The van der Waals surface area contributed by atoms with Crippen LogP contribution in [-0.2, 0) is 0 Å². The molecule has 3 aliphatic rings. The van der Waals surface area contributed by atoms with E-state index in [4.69, 9.17) is 0 Å². The fraction of sp³-hybridized carbons (Fsp3) is 0.556. The van der Waals surface area contributed by atoms with Crippen LogP contribution in [0.25, 0.3) is 0 Å². The SMILES string of the molecule is C1=NC2N=CC3CCC=C3N2C1. The fourth-order valence-corrected chi connectivity index (χ4v) is 2.13. The minimum Gasteiger partial charge on any atom is -0.330 e. The molecule has 0 saturated heterocycles. The molecule has 0 spiro atoms. The predicted octanol–water partition coefficient (Wildman–Crippen LogP) is 1.03. The molecule has 3 heteroatoms. The summed E-state index contributed by atoms with van der Waals surface area (Å²) in [7, 11) is 0. The summed E-state index contributed by atoms with van der Waals surface area (Å²) >= 11 is 0. The van der Waals surface area contributed by atoms with Crippen LogP contribution in [0, 0.1) is 5.92 Å². The first-order valence-electron chi connectivity index (χ1n) is 4.47. The molecule has 2 heterocycles. The molecule has 62 valence electrons. The van der Waals surface area contributed by atoms with E-state index in [1.54, 1.807) is 0 Å². The standard InChI is InChI=1S/C9H11N3/c1-2-7-6-11-9-10-4-5-12(9)8(7)3-1/h3-4,6-7,9H,1-2,5H2.